The molecule has 3 nitrogen and oxygen atoms in total. The molecular weight excluding hydrogens is 236 g/mol. The summed E-state index contributed by atoms with van der Waals surface area (Å²) in [5.41, 5.74) is 3.20. The summed E-state index contributed by atoms with van der Waals surface area (Å²) >= 11 is 0. The van der Waals surface area contributed by atoms with Crippen LogP contribution in [0.15, 0.2) is 18.2 Å². The number of anilines is 1. The maximum absolute atomic E-state index is 12.6. The fourth-order valence-electron chi connectivity index (χ4n) is 2.73. The lowest BCUT2D eigenvalue weighted by Crippen LogP contribution is -2.44. The Morgan fingerprint density at radius 2 is 1.95 bits per heavy atom. The van der Waals surface area contributed by atoms with Crippen molar-refractivity contribution in [2.75, 3.05) is 18.4 Å². The molecule has 0 saturated carbocycles. The number of benzene rings is 1. The maximum atomic E-state index is 12.6. The Morgan fingerprint density at radius 1 is 1.26 bits per heavy atom. The highest BCUT2D eigenvalue weighted by Crippen LogP contribution is 2.34. The molecule has 1 saturated heterocycles. The average Bonchev–Trinajstić information content (AvgIpc) is 2.43. The fourth-order valence-corrected chi connectivity index (χ4v) is 2.73. The zero-order valence-corrected chi connectivity index (χ0v) is 12.2. The quantitative estimate of drug-likeness (QED) is 0.877. The number of carbonyl (C=O) groups excluding carboxylic acids is 1. The molecule has 1 fully saturated rings. The van der Waals surface area contributed by atoms with Crippen LogP contribution in [0, 0.1) is 19.3 Å². The van der Waals surface area contributed by atoms with Crippen molar-refractivity contribution in [2.24, 2.45) is 5.41 Å². The Labute approximate surface area is 115 Å². The highest BCUT2D eigenvalue weighted by atomic mass is 16.2. The van der Waals surface area contributed by atoms with Gasteiger partial charge in [-0.1, -0.05) is 13.0 Å². The second kappa shape index (κ2) is 5.74. The third-order valence-corrected chi connectivity index (χ3v) is 4.48. The topological polar surface area (TPSA) is 41.1 Å². The first-order chi connectivity index (χ1) is 9.07. The van der Waals surface area contributed by atoms with E-state index in [0.29, 0.717) is 0 Å². The molecule has 3 heteroatoms. The zero-order valence-electron chi connectivity index (χ0n) is 12.2. The third kappa shape index (κ3) is 2.98. The van der Waals surface area contributed by atoms with E-state index in [1.165, 1.54) is 11.1 Å². The molecule has 1 aliphatic heterocycles. The fraction of sp³-hybridized carbons (Fsp3) is 0.562. The van der Waals surface area contributed by atoms with Crippen molar-refractivity contribution in [3.8, 4) is 0 Å². The summed E-state index contributed by atoms with van der Waals surface area (Å²) in [7, 11) is 0. The third-order valence-electron chi connectivity index (χ3n) is 4.48. The van der Waals surface area contributed by atoms with E-state index >= 15 is 0 Å². The summed E-state index contributed by atoms with van der Waals surface area (Å²) in [5, 5.41) is 6.43. The molecule has 2 rings (SSSR count). The molecule has 2 N–H and O–H groups in total. The van der Waals surface area contributed by atoms with Gasteiger partial charge < -0.3 is 10.6 Å². The lowest BCUT2D eigenvalue weighted by molar-refractivity contribution is -0.127. The van der Waals surface area contributed by atoms with E-state index in [4.69, 9.17) is 0 Å². The van der Waals surface area contributed by atoms with Crippen LogP contribution in [0.25, 0.3) is 0 Å². The monoisotopic (exact) mass is 260 g/mol. The minimum atomic E-state index is -0.190. The van der Waals surface area contributed by atoms with Crippen LogP contribution in [0.5, 0.6) is 0 Å². The molecule has 1 amide bonds. The van der Waals surface area contributed by atoms with E-state index in [9.17, 15) is 4.79 Å². The summed E-state index contributed by atoms with van der Waals surface area (Å²) < 4.78 is 0. The van der Waals surface area contributed by atoms with Crippen molar-refractivity contribution >= 4 is 11.6 Å². The molecule has 1 aromatic carbocycles. The molecule has 19 heavy (non-hydrogen) atoms. The van der Waals surface area contributed by atoms with E-state index in [0.717, 1.165) is 38.0 Å². The van der Waals surface area contributed by atoms with Gasteiger partial charge in [0.15, 0.2) is 0 Å². The van der Waals surface area contributed by atoms with Crippen LogP contribution in [0.1, 0.15) is 37.3 Å². The van der Waals surface area contributed by atoms with Gasteiger partial charge in [0.1, 0.15) is 0 Å². The predicted molar refractivity (Wildman–Crippen MR) is 79.4 cm³/mol. The van der Waals surface area contributed by atoms with Gasteiger partial charge >= 0.3 is 0 Å². The first kappa shape index (κ1) is 14.1. The molecule has 104 valence electrons. The first-order valence-corrected chi connectivity index (χ1v) is 7.17. The summed E-state index contributed by atoms with van der Waals surface area (Å²) in [4.78, 5) is 12.6. The largest absolute Gasteiger partial charge is 0.326 e. The second-order valence-electron chi connectivity index (χ2n) is 5.64. The van der Waals surface area contributed by atoms with Gasteiger partial charge in [-0.2, -0.15) is 0 Å². The van der Waals surface area contributed by atoms with Gasteiger partial charge in [-0.25, -0.2) is 0 Å². The van der Waals surface area contributed by atoms with E-state index in [1.54, 1.807) is 0 Å². The molecule has 1 heterocycles. The van der Waals surface area contributed by atoms with E-state index < -0.39 is 0 Å². The Hall–Kier alpha value is -1.35. The van der Waals surface area contributed by atoms with E-state index in [1.807, 2.05) is 6.07 Å². The predicted octanol–water partition coefficient (Wildman–Crippen LogP) is 3.02. The number of nitrogens with one attached hydrogen (secondary N) is 2. The first-order valence-electron chi connectivity index (χ1n) is 7.17. The van der Waals surface area contributed by atoms with Crippen molar-refractivity contribution in [2.45, 2.75) is 40.0 Å². The van der Waals surface area contributed by atoms with Crippen molar-refractivity contribution < 1.29 is 4.79 Å². The molecule has 1 aromatic rings. The molecule has 0 radical (unpaired) electrons. The second-order valence-corrected chi connectivity index (χ2v) is 5.64. The number of piperidine rings is 1. The molecular formula is C16H24N2O. The van der Waals surface area contributed by atoms with Crippen molar-refractivity contribution in [1.82, 2.24) is 5.32 Å². The summed E-state index contributed by atoms with van der Waals surface area (Å²) in [6.07, 6.45) is 2.77. The van der Waals surface area contributed by atoms with Gasteiger partial charge in [-0.3, -0.25) is 4.79 Å². The van der Waals surface area contributed by atoms with E-state index in [-0.39, 0.29) is 11.3 Å². The summed E-state index contributed by atoms with van der Waals surface area (Å²) in [5.74, 6) is 0.180. The van der Waals surface area contributed by atoms with Crippen LogP contribution >= 0.6 is 0 Å². The molecule has 0 bridgehead atoms. The van der Waals surface area contributed by atoms with Gasteiger partial charge in [0.2, 0.25) is 5.91 Å². The minimum absolute atomic E-state index is 0.180. The highest BCUT2D eigenvalue weighted by Gasteiger charge is 2.37. The zero-order chi connectivity index (χ0) is 13.9. The molecule has 1 aliphatic rings. The number of aryl methyl sites for hydroxylation is 2. The molecule has 0 aliphatic carbocycles. The van der Waals surface area contributed by atoms with Crippen LogP contribution in [-0.2, 0) is 4.79 Å². The van der Waals surface area contributed by atoms with Crippen LogP contribution < -0.4 is 10.6 Å². The SMILES string of the molecule is CCC1(C(=O)Nc2ccc(C)c(C)c2)CCNCC1. The lowest BCUT2D eigenvalue weighted by atomic mass is 9.76. The van der Waals surface area contributed by atoms with Crippen molar-refractivity contribution in [3.05, 3.63) is 29.3 Å². The number of rotatable bonds is 3. The minimum Gasteiger partial charge on any atom is -0.326 e. The van der Waals surface area contributed by atoms with Crippen LogP contribution in [0.2, 0.25) is 0 Å². The number of hydrogen-bond acceptors (Lipinski definition) is 2. The average molecular weight is 260 g/mol. The Bertz CT molecular complexity index is 462. The summed E-state index contributed by atoms with van der Waals surface area (Å²) in [6, 6.07) is 6.11. The van der Waals surface area contributed by atoms with Crippen LogP contribution in [0.4, 0.5) is 5.69 Å². The van der Waals surface area contributed by atoms with Gasteiger partial charge in [0.05, 0.1) is 5.41 Å². The highest BCUT2D eigenvalue weighted by molar-refractivity contribution is 5.95. The number of amides is 1. The van der Waals surface area contributed by atoms with Gasteiger partial charge in [-0.15, -0.1) is 0 Å². The maximum Gasteiger partial charge on any atom is 0.230 e. The van der Waals surface area contributed by atoms with E-state index in [2.05, 4.69) is 43.5 Å². The van der Waals surface area contributed by atoms with Crippen molar-refractivity contribution in [3.63, 3.8) is 0 Å². The van der Waals surface area contributed by atoms with Gasteiger partial charge in [-0.05, 0) is 69.5 Å². The summed E-state index contributed by atoms with van der Waals surface area (Å²) in [6.45, 7) is 8.15. The Balaban J connectivity index is 2.12. The smallest absolute Gasteiger partial charge is 0.230 e. The van der Waals surface area contributed by atoms with Gasteiger partial charge in [0.25, 0.3) is 0 Å². The standard InChI is InChI=1S/C16H24N2O/c1-4-16(7-9-17-10-8-16)15(19)18-14-6-5-12(2)13(3)11-14/h5-6,11,17H,4,7-10H2,1-3H3,(H,18,19). The number of carbonyl (C=O) groups is 1. The van der Waals surface area contributed by atoms with Crippen LogP contribution in [-0.4, -0.2) is 19.0 Å². The number of hydrogen-bond donors (Lipinski definition) is 2. The Morgan fingerprint density at radius 3 is 2.53 bits per heavy atom. The normalized spacial score (nSPS) is 18.1. The molecule has 0 atom stereocenters. The van der Waals surface area contributed by atoms with Crippen molar-refractivity contribution in [1.29, 1.82) is 0 Å². The Kier molecular flexibility index (Phi) is 4.25. The molecule has 0 unspecified atom stereocenters. The van der Waals surface area contributed by atoms with Crippen LogP contribution in [0.3, 0.4) is 0 Å². The van der Waals surface area contributed by atoms with Gasteiger partial charge in [0, 0.05) is 5.69 Å². The lowest BCUT2D eigenvalue weighted by Gasteiger charge is -2.35. The molecule has 0 spiro atoms. The molecule has 0 aromatic heterocycles.